The molecular formula is C12H14FN3O2S2. The van der Waals surface area contributed by atoms with Gasteiger partial charge in [0.15, 0.2) is 0 Å². The highest BCUT2D eigenvalue weighted by Crippen LogP contribution is 2.23. The molecule has 1 heterocycles. The molecule has 3 N–H and O–H groups in total. The number of thiazole rings is 1. The number of aryl methyl sites for hydroxylation is 1. The molecule has 0 amide bonds. The monoisotopic (exact) mass is 315 g/mol. The zero-order valence-corrected chi connectivity index (χ0v) is 12.6. The molecular weight excluding hydrogens is 301 g/mol. The molecule has 2 aromatic rings. The van der Waals surface area contributed by atoms with Crippen LogP contribution < -0.4 is 10.5 Å². The van der Waals surface area contributed by atoms with Gasteiger partial charge in [-0.05, 0) is 31.5 Å². The van der Waals surface area contributed by atoms with Crippen LogP contribution in [0.3, 0.4) is 0 Å². The number of hydrogen-bond donors (Lipinski definition) is 2. The van der Waals surface area contributed by atoms with Crippen molar-refractivity contribution in [2.45, 2.75) is 24.8 Å². The van der Waals surface area contributed by atoms with E-state index in [1.165, 1.54) is 24.3 Å². The van der Waals surface area contributed by atoms with Gasteiger partial charge in [0.05, 0.1) is 16.6 Å². The van der Waals surface area contributed by atoms with Crippen molar-refractivity contribution >= 4 is 27.0 Å². The van der Waals surface area contributed by atoms with E-state index in [4.69, 9.17) is 5.73 Å². The average molecular weight is 315 g/mol. The first-order chi connectivity index (χ1) is 9.31. The van der Waals surface area contributed by atoms with Crippen molar-refractivity contribution in [3.05, 3.63) is 40.1 Å². The molecule has 1 aromatic heterocycles. The number of nitrogen functional groups attached to an aromatic ring is 1. The van der Waals surface area contributed by atoms with Crippen molar-refractivity contribution in [2.24, 2.45) is 0 Å². The van der Waals surface area contributed by atoms with Crippen LogP contribution in [-0.4, -0.2) is 13.4 Å². The Morgan fingerprint density at radius 2 is 2.15 bits per heavy atom. The molecule has 0 spiro atoms. The molecule has 20 heavy (non-hydrogen) atoms. The Hall–Kier alpha value is -1.51. The van der Waals surface area contributed by atoms with Crippen molar-refractivity contribution in [2.75, 3.05) is 5.73 Å². The number of benzene rings is 1. The largest absolute Gasteiger partial charge is 0.396 e. The smallest absolute Gasteiger partial charge is 0.241 e. The standard InChI is InChI=1S/C12H14FN3O2S2/c1-7-5-9(6-10(14)11(7)13)20(17,18)16-8(2)12-15-3-4-19-12/h3-6,8,16H,14H2,1-2H3. The highest BCUT2D eigenvalue weighted by Gasteiger charge is 2.21. The Balaban J connectivity index is 2.31. The summed E-state index contributed by atoms with van der Waals surface area (Å²) < 4.78 is 40.4. The van der Waals surface area contributed by atoms with E-state index in [0.29, 0.717) is 5.01 Å². The molecule has 0 radical (unpaired) electrons. The lowest BCUT2D eigenvalue weighted by Crippen LogP contribution is -2.27. The van der Waals surface area contributed by atoms with Gasteiger partial charge in [-0.3, -0.25) is 0 Å². The van der Waals surface area contributed by atoms with Crippen molar-refractivity contribution in [3.8, 4) is 0 Å². The van der Waals surface area contributed by atoms with Gasteiger partial charge in [-0.2, -0.15) is 0 Å². The van der Waals surface area contributed by atoms with Gasteiger partial charge in [0.25, 0.3) is 0 Å². The minimum Gasteiger partial charge on any atom is -0.396 e. The zero-order chi connectivity index (χ0) is 14.9. The number of aromatic nitrogens is 1. The Morgan fingerprint density at radius 1 is 1.45 bits per heavy atom. The summed E-state index contributed by atoms with van der Waals surface area (Å²) >= 11 is 1.35. The normalized spacial score (nSPS) is 13.3. The van der Waals surface area contributed by atoms with Gasteiger partial charge >= 0.3 is 0 Å². The van der Waals surface area contributed by atoms with Crippen molar-refractivity contribution in [3.63, 3.8) is 0 Å². The first-order valence-corrected chi connectivity index (χ1v) is 8.15. The van der Waals surface area contributed by atoms with E-state index in [1.54, 1.807) is 18.5 Å². The predicted octanol–water partition coefficient (Wildman–Crippen LogP) is 2.21. The summed E-state index contributed by atoms with van der Waals surface area (Å²) in [6, 6.07) is 1.90. The lowest BCUT2D eigenvalue weighted by atomic mass is 10.2. The molecule has 0 bridgehead atoms. The maximum atomic E-state index is 13.4. The van der Waals surface area contributed by atoms with Gasteiger partial charge in [-0.1, -0.05) is 0 Å². The van der Waals surface area contributed by atoms with E-state index < -0.39 is 21.9 Å². The fraction of sp³-hybridized carbons (Fsp3) is 0.250. The minimum absolute atomic E-state index is 0.0580. The van der Waals surface area contributed by atoms with E-state index in [9.17, 15) is 12.8 Å². The number of anilines is 1. The molecule has 0 aliphatic heterocycles. The minimum atomic E-state index is -3.78. The maximum absolute atomic E-state index is 13.4. The molecule has 1 unspecified atom stereocenters. The van der Waals surface area contributed by atoms with Gasteiger partial charge in [0.1, 0.15) is 10.8 Å². The van der Waals surface area contributed by atoms with E-state index in [2.05, 4.69) is 9.71 Å². The topological polar surface area (TPSA) is 85.1 Å². The van der Waals surface area contributed by atoms with E-state index >= 15 is 0 Å². The fourth-order valence-electron chi connectivity index (χ4n) is 1.72. The number of sulfonamides is 1. The summed E-state index contributed by atoms with van der Waals surface area (Å²) in [5.74, 6) is -0.600. The summed E-state index contributed by atoms with van der Waals surface area (Å²) in [6.07, 6.45) is 1.60. The van der Waals surface area contributed by atoms with Crippen LogP contribution in [0.5, 0.6) is 0 Å². The highest BCUT2D eigenvalue weighted by molar-refractivity contribution is 7.89. The summed E-state index contributed by atoms with van der Waals surface area (Å²) in [5, 5.41) is 2.42. The SMILES string of the molecule is Cc1cc(S(=O)(=O)NC(C)c2nccs2)cc(N)c1F. The number of halogens is 1. The fourth-order valence-corrected chi connectivity index (χ4v) is 3.77. The van der Waals surface area contributed by atoms with Crippen molar-refractivity contribution < 1.29 is 12.8 Å². The Labute approximate surface area is 120 Å². The molecule has 0 aliphatic carbocycles. The van der Waals surface area contributed by atoms with Crippen molar-refractivity contribution in [1.82, 2.24) is 9.71 Å². The third-order valence-corrected chi connectivity index (χ3v) is 5.20. The number of nitrogens with one attached hydrogen (secondary N) is 1. The second kappa shape index (κ2) is 5.47. The Bertz CT molecular complexity index is 691. The summed E-state index contributed by atoms with van der Waals surface area (Å²) in [4.78, 5) is 3.99. The second-order valence-electron chi connectivity index (χ2n) is 4.36. The van der Waals surface area contributed by atoms with Gasteiger partial charge in [-0.25, -0.2) is 22.5 Å². The summed E-state index contributed by atoms with van der Waals surface area (Å²) in [6.45, 7) is 3.16. The molecule has 0 aliphatic rings. The van der Waals surface area contributed by atoms with Crippen LogP contribution in [0.25, 0.3) is 0 Å². The number of nitrogens with two attached hydrogens (primary N) is 1. The maximum Gasteiger partial charge on any atom is 0.241 e. The molecule has 0 saturated carbocycles. The molecule has 5 nitrogen and oxygen atoms in total. The number of nitrogens with zero attached hydrogens (tertiary/aromatic N) is 1. The van der Waals surface area contributed by atoms with Gasteiger partial charge in [-0.15, -0.1) is 11.3 Å². The quantitative estimate of drug-likeness (QED) is 0.847. The first kappa shape index (κ1) is 14.9. The number of rotatable bonds is 4. The molecule has 1 atom stereocenters. The van der Waals surface area contributed by atoms with Crippen LogP contribution in [0.1, 0.15) is 23.5 Å². The Morgan fingerprint density at radius 3 is 2.70 bits per heavy atom. The first-order valence-electron chi connectivity index (χ1n) is 5.78. The van der Waals surface area contributed by atoms with Crippen LogP contribution in [0, 0.1) is 12.7 Å². The lowest BCUT2D eigenvalue weighted by Gasteiger charge is -2.13. The van der Waals surface area contributed by atoms with Gasteiger partial charge in [0.2, 0.25) is 10.0 Å². The van der Waals surface area contributed by atoms with Gasteiger partial charge in [0, 0.05) is 11.6 Å². The number of hydrogen-bond acceptors (Lipinski definition) is 5. The van der Waals surface area contributed by atoms with E-state index in [0.717, 1.165) is 6.07 Å². The molecule has 0 saturated heterocycles. The average Bonchev–Trinajstić information content (AvgIpc) is 2.88. The van der Waals surface area contributed by atoms with Crippen LogP contribution in [0.2, 0.25) is 0 Å². The van der Waals surface area contributed by atoms with Crippen LogP contribution >= 0.6 is 11.3 Å². The van der Waals surface area contributed by atoms with E-state index in [1.807, 2.05) is 0 Å². The van der Waals surface area contributed by atoms with E-state index in [-0.39, 0.29) is 16.1 Å². The predicted molar refractivity (Wildman–Crippen MR) is 76.4 cm³/mol. The third-order valence-electron chi connectivity index (χ3n) is 2.72. The van der Waals surface area contributed by atoms with Crippen LogP contribution in [0.15, 0.2) is 28.6 Å². The molecule has 108 valence electrons. The lowest BCUT2D eigenvalue weighted by molar-refractivity contribution is 0.565. The highest BCUT2D eigenvalue weighted by atomic mass is 32.2. The molecule has 1 aromatic carbocycles. The summed E-state index contributed by atoms with van der Waals surface area (Å²) in [7, 11) is -3.78. The molecule has 8 heteroatoms. The Kier molecular flexibility index (Phi) is 4.07. The molecule has 0 fully saturated rings. The molecule has 2 rings (SSSR count). The summed E-state index contributed by atoms with van der Waals surface area (Å²) in [5.41, 5.74) is 5.47. The van der Waals surface area contributed by atoms with Crippen LogP contribution in [0.4, 0.5) is 10.1 Å². The zero-order valence-electron chi connectivity index (χ0n) is 10.9. The van der Waals surface area contributed by atoms with Crippen molar-refractivity contribution in [1.29, 1.82) is 0 Å². The third kappa shape index (κ3) is 2.97. The van der Waals surface area contributed by atoms with Crippen LogP contribution in [-0.2, 0) is 10.0 Å². The van der Waals surface area contributed by atoms with Gasteiger partial charge < -0.3 is 5.73 Å². The second-order valence-corrected chi connectivity index (χ2v) is 7.00.